The van der Waals surface area contributed by atoms with Gasteiger partial charge in [0.05, 0.1) is 30.3 Å². The molecule has 1 heterocycles. The number of carbonyl (C=O) groups is 2. The van der Waals surface area contributed by atoms with Crippen molar-refractivity contribution in [1.29, 1.82) is 0 Å². The van der Waals surface area contributed by atoms with Crippen molar-refractivity contribution in [1.82, 2.24) is 5.32 Å². The zero-order valence-electron chi connectivity index (χ0n) is 13.0. The van der Waals surface area contributed by atoms with Gasteiger partial charge in [0.1, 0.15) is 11.0 Å². The second-order valence-electron chi connectivity index (χ2n) is 4.92. The van der Waals surface area contributed by atoms with E-state index < -0.39 is 34.6 Å². The molecule has 1 aliphatic rings. The van der Waals surface area contributed by atoms with Crippen LogP contribution in [0.25, 0.3) is 0 Å². The number of carbonyl (C=O) groups excluding carboxylic acids is 1. The maximum absolute atomic E-state index is 13.0. The van der Waals surface area contributed by atoms with Crippen molar-refractivity contribution >= 4 is 46.6 Å². The quantitative estimate of drug-likeness (QED) is 0.575. The number of hydrogen-bond acceptors (Lipinski definition) is 6. The smallest absolute Gasteiger partial charge is 0.420 e. The van der Waals surface area contributed by atoms with Crippen LogP contribution in [0.5, 0.6) is 5.75 Å². The molecule has 1 unspecified atom stereocenters. The van der Waals surface area contributed by atoms with Crippen molar-refractivity contribution < 1.29 is 32.6 Å². The fourth-order valence-corrected chi connectivity index (χ4v) is 3.22. The molecule has 0 aliphatic carbocycles. The van der Waals surface area contributed by atoms with Crippen molar-refractivity contribution in [2.24, 2.45) is 10.2 Å². The van der Waals surface area contributed by atoms with E-state index in [0.717, 1.165) is 31.2 Å². The van der Waals surface area contributed by atoms with Gasteiger partial charge < -0.3 is 15.2 Å². The standard InChI is InChI=1S/C14H11ClF3N3O4S/c1-25-11-7(14(16,17)18)2-6(3-8(11)15)5-19-21-13-20-12(24)9(26-13)4-10(22)23/h2-3,5,9H,4H2,1H3,(H,22,23)(H,20,21,24). The van der Waals surface area contributed by atoms with Gasteiger partial charge in [-0.05, 0) is 17.7 Å². The third-order valence-electron chi connectivity index (χ3n) is 3.07. The van der Waals surface area contributed by atoms with Crippen LogP contribution in [0.4, 0.5) is 13.2 Å². The molecular formula is C14H11ClF3N3O4S. The van der Waals surface area contributed by atoms with Gasteiger partial charge in [0, 0.05) is 0 Å². The Labute approximate surface area is 154 Å². The molecule has 26 heavy (non-hydrogen) atoms. The molecule has 1 fully saturated rings. The van der Waals surface area contributed by atoms with Crippen LogP contribution in [-0.4, -0.2) is 40.7 Å². The number of hydrogen-bond donors (Lipinski definition) is 2. The van der Waals surface area contributed by atoms with Crippen LogP contribution >= 0.6 is 23.4 Å². The molecule has 1 aromatic rings. The van der Waals surface area contributed by atoms with Gasteiger partial charge in [-0.15, -0.1) is 5.10 Å². The lowest BCUT2D eigenvalue weighted by atomic mass is 10.1. The predicted octanol–water partition coefficient (Wildman–Crippen LogP) is 2.76. The van der Waals surface area contributed by atoms with Crippen molar-refractivity contribution in [3.05, 3.63) is 28.3 Å². The van der Waals surface area contributed by atoms with Crippen LogP contribution in [0.15, 0.2) is 22.3 Å². The number of rotatable bonds is 5. The van der Waals surface area contributed by atoms with Crippen LogP contribution in [0.3, 0.4) is 0 Å². The monoisotopic (exact) mass is 409 g/mol. The summed E-state index contributed by atoms with van der Waals surface area (Å²) in [7, 11) is 1.07. The van der Waals surface area contributed by atoms with Gasteiger partial charge in [-0.3, -0.25) is 9.59 Å². The Morgan fingerprint density at radius 3 is 2.77 bits per heavy atom. The summed E-state index contributed by atoms with van der Waals surface area (Å²) in [5.74, 6) is -2.18. The Hall–Kier alpha value is -2.27. The number of nitrogens with zero attached hydrogens (tertiary/aromatic N) is 2. The number of carboxylic acid groups (broad SMARTS) is 1. The molecule has 1 aromatic carbocycles. The van der Waals surface area contributed by atoms with E-state index in [1.54, 1.807) is 0 Å². The summed E-state index contributed by atoms with van der Waals surface area (Å²) in [5.41, 5.74) is -1.05. The van der Waals surface area contributed by atoms with E-state index in [1.807, 2.05) is 0 Å². The molecule has 140 valence electrons. The van der Waals surface area contributed by atoms with E-state index in [4.69, 9.17) is 16.7 Å². The predicted molar refractivity (Wildman–Crippen MR) is 89.8 cm³/mol. The Kier molecular flexibility index (Phi) is 6.13. The largest absolute Gasteiger partial charge is 0.495 e. The number of methoxy groups -OCH3 is 1. The van der Waals surface area contributed by atoms with Crippen LogP contribution in [0, 0.1) is 0 Å². The number of amides is 1. The van der Waals surface area contributed by atoms with E-state index in [2.05, 4.69) is 20.3 Å². The van der Waals surface area contributed by atoms with Crippen molar-refractivity contribution in [2.75, 3.05) is 7.11 Å². The highest BCUT2D eigenvalue weighted by Crippen LogP contribution is 2.40. The zero-order chi connectivity index (χ0) is 19.5. The molecule has 2 rings (SSSR count). The highest BCUT2D eigenvalue weighted by atomic mass is 35.5. The second-order valence-corrected chi connectivity index (χ2v) is 6.52. The summed E-state index contributed by atoms with van der Waals surface area (Å²) in [6.07, 6.45) is -4.04. The van der Waals surface area contributed by atoms with Crippen LogP contribution < -0.4 is 10.1 Å². The summed E-state index contributed by atoms with van der Waals surface area (Å²) in [6.45, 7) is 0. The summed E-state index contributed by atoms with van der Waals surface area (Å²) >= 11 is 6.66. The molecule has 1 aliphatic heterocycles. The molecule has 12 heteroatoms. The third-order valence-corrected chi connectivity index (χ3v) is 4.42. The SMILES string of the molecule is COc1c(Cl)cc(C=NN=C2NC(=O)C(CC(=O)O)S2)cc1C(F)(F)F. The number of amidine groups is 1. The number of aliphatic carboxylic acids is 1. The van der Waals surface area contributed by atoms with Crippen molar-refractivity contribution in [3.8, 4) is 5.75 Å². The van der Waals surface area contributed by atoms with Gasteiger partial charge in [0.25, 0.3) is 0 Å². The van der Waals surface area contributed by atoms with E-state index in [9.17, 15) is 22.8 Å². The minimum absolute atomic E-state index is 0.0175. The average Bonchev–Trinajstić information content (AvgIpc) is 2.85. The molecule has 2 N–H and O–H groups in total. The third kappa shape index (κ3) is 4.88. The molecule has 1 amide bonds. The van der Waals surface area contributed by atoms with Gasteiger partial charge >= 0.3 is 12.1 Å². The summed E-state index contributed by atoms with van der Waals surface area (Å²) < 4.78 is 43.8. The first-order valence-electron chi connectivity index (χ1n) is 6.87. The van der Waals surface area contributed by atoms with Crippen LogP contribution in [0.1, 0.15) is 17.5 Å². The van der Waals surface area contributed by atoms with E-state index in [-0.39, 0.29) is 22.2 Å². The van der Waals surface area contributed by atoms with E-state index in [0.29, 0.717) is 0 Å². The highest BCUT2D eigenvalue weighted by molar-refractivity contribution is 8.15. The number of ether oxygens (including phenoxy) is 1. The first-order valence-corrected chi connectivity index (χ1v) is 8.12. The minimum Gasteiger partial charge on any atom is -0.495 e. The maximum atomic E-state index is 13.0. The van der Waals surface area contributed by atoms with E-state index in [1.165, 1.54) is 6.07 Å². The normalized spacial score (nSPS) is 19.2. The number of halogens is 4. The molecular weight excluding hydrogens is 399 g/mol. The average molecular weight is 410 g/mol. The molecule has 0 radical (unpaired) electrons. The molecule has 0 aromatic heterocycles. The molecule has 0 bridgehead atoms. The number of nitrogens with one attached hydrogen (secondary N) is 1. The lowest BCUT2D eigenvalue weighted by Gasteiger charge is -2.13. The van der Waals surface area contributed by atoms with Crippen molar-refractivity contribution in [3.63, 3.8) is 0 Å². The number of carboxylic acids is 1. The van der Waals surface area contributed by atoms with Gasteiger partial charge in [0.2, 0.25) is 5.91 Å². The first-order chi connectivity index (χ1) is 12.1. The Morgan fingerprint density at radius 2 is 2.19 bits per heavy atom. The molecule has 1 saturated heterocycles. The second kappa shape index (κ2) is 7.96. The lowest BCUT2D eigenvalue weighted by molar-refractivity contribution is -0.139. The number of alkyl halides is 3. The fraction of sp³-hybridized carbons (Fsp3) is 0.286. The summed E-state index contributed by atoms with van der Waals surface area (Å²) in [6, 6.07) is 2.01. The van der Waals surface area contributed by atoms with Crippen LogP contribution in [0.2, 0.25) is 5.02 Å². The first kappa shape index (κ1) is 20.0. The van der Waals surface area contributed by atoms with Crippen LogP contribution in [-0.2, 0) is 15.8 Å². The van der Waals surface area contributed by atoms with Crippen molar-refractivity contribution in [2.45, 2.75) is 17.8 Å². The Morgan fingerprint density at radius 1 is 1.50 bits per heavy atom. The summed E-state index contributed by atoms with van der Waals surface area (Å²) in [5, 5.41) is 17.2. The maximum Gasteiger partial charge on any atom is 0.420 e. The number of thioether (sulfide) groups is 1. The summed E-state index contributed by atoms with van der Waals surface area (Å²) in [4.78, 5) is 22.2. The highest BCUT2D eigenvalue weighted by Gasteiger charge is 2.36. The minimum atomic E-state index is -4.68. The van der Waals surface area contributed by atoms with Gasteiger partial charge in [-0.2, -0.15) is 18.3 Å². The van der Waals surface area contributed by atoms with E-state index >= 15 is 0 Å². The Balaban J connectivity index is 2.20. The molecule has 7 nitrogen and oxygen atoms in total. The molecule has 1 atom stereocenters. The number of benzene rings is 1. The molecule has 0 saturated carbocycles. The lowest BCUT2D eigenvalue weighted by Crippen LogP contribution is -2.26. The topological polar surface area (TPSA) is 100 Å². The zero-order valence-corrected chi connectivity index (χ0v) is 14.6. The Bertz CT molecular complexity index is 798. The van der Waals surface area contributed by atoms with Gasteiger partial charge in [-0.1, -0.05) is 23.4 Å². The van der Waals surface area contributed by atoms with Gasteiger partial charge in [-0.25, -0.2) is 0 Å². The van der Waals surface area contributed by atoms with Gasteiger partial charge in [0.15, 0.2) is 5.17 Å². The molecule has 0 spiro atoms. The fourth-order valence-electron chi connectivity index (χ4n) is 2.00.